The molecule has 1 aliphatic heterocycles. The number of hydrogen-bond donors (Lipinski definition) is 1. The molecule has 1 N–H and O–H groups in total. The lowest BCUT2D eigenvalue weighted by atomic mass is 9.86. The lowest BCUT2D eigenvalue weighted by Crippen LogP contribution is -2.39. The minimum Gasteiger partial charge on any atom is -0.375 e. The lowest BCUT2D eigenvalue weighted by Gasteiger charge is -2.31. The van der Waals surface area contributed by atoms with Gasteiger partial charge >= 0.3 is 0 Å². The fourth-order valence-corrected chi connectivity index (χ4v) is 5.76. The van der Waals surface area contributed by atoms with E-state index in [-0.39, 0.29) is 24.3 Å². The second-order valence-corrected chi connectivity index (χ2v) is 11.0. The number of hydrogen-bond acceptors (Lipinski definition) is 5. The molecule has 3 heterocycles. The van der Waals surface area contributed by atoms with Crippen LogP contribution in [0.15, 0.2) is 54.6 Å². The van der Waals surface area contributed by atoms with Crippen molar-refractivity contribution >= 4 is 40.6 Å². The van der Waals surface area contributed by atoms with Gasteiger partial charge in [-0.3, -0.25) is 14.6 Å². The van der Waals surface area contributed by atoms with Crippen molar-refractivity contribution in [1.82, 2.24) is 24.8 Å². The number of amides is 2. The smallest absolute Gasteiger partial charge is 0.246 e. The molecule has 2 amide bonds. The number of methoxy groups -OCH3 is 1. The summed E-state index contributed by atoms with van der Waals surface area (Å²) in [7, 11) is 3.40. The Balaban J connectivity index is 1.69. The average Bonchev–Trinajstić information content (AvgIpc) is 3.31. The number of benzene rings is 1. The van der Waals surface area contributed by atoms with Gasteiger partial charge in [0, 0.05) is 55.5 Å². The summed E-state index contributed by atoms with van der Waals surface area (Å²) in [6.07, 6.45) is 8.90. The zero-order chi connectivity index (χ0) is 28.4. The van der Waals surface area contributed by atoms with Gasteiger partial charge in [-0.2, -0.15) is 0 Å². The molecule has 0 radical (unpaired) electrons. The van der Waals surface area contributed by atoms with Gasteiger partial charge in [0.15, 0.2) is 0 Å². The molecule has 8 nitrogen and oxygen atoms in total. The number of likely N-dealkylation sites (tertiary alicyclic amines) is 1. The van der Waals surface area contributed by atoms with E-state index in [1.165, 1.54) is 12.7 Å². The molecule has 1 aliphatic carbocycles. The minimum atomic E-state index is -0.518. The van der Waals surface area contributed by atoms with Crippen molar-refractivity contribution in [2.24, 2.45) is 13.0 Å². The molecule has 1 saturated heterocycles. The monoisotopic (exact) mass is 559 g/mol. The fraction of sp³-hybridized carbons (Fsp3) is 0.355. The van der Waals surface area contributed by atoms with Crippen LogP contribution < -0.4 is 5.32 Å². The van der Waals surface area contributed by atoms with Crippen LogP contribution in [0.3, 0.4) is 0 Å². The molecule has 2 aromatic heterocycles. The maximum absolute atomic E-state index is 12.9. The Morgan fingerprint density at radius 1 is 1.15 bits per heavy atom. The predicted molar refractivity (Wildman–Crippen MR) is 156 cm³/mol. The highest BCUT2D eigenvalue weighted by Crippen LogP contribution is 2.44. The van der Waals surface area contributed by atoms with E-state index in [0.29, 0.717) is 18.1 Å². The Morgan fingerprint density at radius 2 is 1.93 bits per heavy atom. The molecule has 9 heteroatoms. The van der Waals surface area contributed by atoms with Gasteiger partial charge in [-0.15, -0.1) is 0 Å². The summed E-state index contributed by atoms with van der Waals surface area (Å²) in [5.41, 5.74) is 7.76. The summed E-state index contributed by atoms with van der Waals surface area (Å²) >= 11 is 6.61. The molecular formula is C31H34ClN5O3. The molecule has 1 fully saturated rings. The minimum absolute atomic E-state index is 0.0265. The third-order valence-electron chi connectivity index (χ3n) is 7.52. The summed E-state index contributed by atoms with van der Waals surface area (Å²) in [6, 6.07) is 9.34. The average molecular weight is 560 g/mol. The largest absolute Gasteiger partial charge is 0.375 e. The van der Waals surface area contributed by atoms with Crippen molar-refractivity contribution in [2.75, 3.05) is 26.8 Å². The number of fused-ring (bicyclic) bond motifs is 2. The van der Waals surface area contributed by atoms with Crippen LogP contribution in [0.5, 0.6) is 0 Å². The van der Waals surface area contributed by atoms with Crippen molar-refractivity contribution in [3.63, 3.8) is 0 Å². The topological polar surface area (TPSA) is 89.3 Å². The van der Waals surface area contributed by atoms with E-state index in [1.54, 1.807) is 12.5 Å². The standard InChI is InChI=1S/C31H34ClN5O3/c1-19(2)31(39)37-12-9-20(10-13-37)28-23-8-7-22(32)15-24(23)25(14-21-6-5-11-34-29(21)28)30(35-27(38)17-40-4)26-16-33-18-36(26)3/h5-8,11,14-16,18-19,30H,9-10,12-13,17H2,1-4H3,(H,35,38). The van der Waals surface area contributed by atoms with Crippen LogP contribution in [-0.2, 0) is 21.4 Å². The van der Waals surface area contributed by atoms with Crippen LogP contribution in [0.25, 0.3) is 17.2 Å². The summed E-state index contributed by atoms with van der Waals surface area (Å²) in [4.78, 5) is 36.7. The molecule has 0 bridgehead atoms. The van der Waals surface area contributed by atoms with E-state index in [4.69, 9.17) is 21.3 Å². The second kappa shape index (κ2) is 11.8. The molecule has 40 heavy (non-hydrogen) atoms. The third-order valence-corrected chi connectivity index (χ3v) is 7.75. The third kappa shape index (κ3) is 5.46. The van der Waals surface area contributed by atoms with Gasteiger partial charge in [0.05, 0.1) is 30.0 Å². The van der Waals surface area contributed by atoms with Crippen LogP contribution in [0.2, 0.25) is 5.02 Å². The van der Waals surface area contributed by atoms with E-state index in [0.717, 1.165) is 52.1 Å². The molecule has 3 aromatic rings. The van der Waals surface area contributed by atoms with Crippen LogP contribution in [0.4, 0.5) is 0 Å². The first-order valence-corrected chi connectivity index (χ1v) is 13.9. The van der Waals surface area contributed by atoms with Crippen molar-refractivity contribution in [3.05, 3.63) is 87.7 Å². The first-order valence-electron chi connectivity index (χ1n) is 13.5. The summed E-state index contributed by atoms with van der Waals surface area (Å²) in [5.74, 6) is -0.0821. The van der Waals surface area contributed by atoms with Gasteiger partial charge < -0.3 is 19.5 Å². The van der Waals surface area contributed by atoms with Crippen LogP contribution in [0.1, 0.15) is 60.8 Å². The first kappa shape index (κ1) is 27.8. The van der Waals surface area contributed by atoms with Crippen LogP contribution >= 0.6 is 11.6 Å². The molecule has 1 atom stereocenters. The van der Waals surface area contributed by atoms with Crippen molar-refractivity contribution in [3.8, 4) is 0 Å². The Morgan fingerprint density at radius 3 is 2.60 bits per heavy atom. The molecule has 1 unspecified atom stereocenters. The number of carbonyl (C=O) groups is 2. The Labute approximate surface area is 239 Å². The van der Waals surface area contributed by atoms with Crippen molar-refractivity contribution in [2.45, 2.75) is 32.7 Å². The highest BCUT2D eigenvalue weighted by atomic mass is 35.5. The van der Waals surface area contributed by atoms with Gasteiger partial charge in [-0.25, -0.2) is 4.98 Å². The number of ether oxygens (including phenoxy) is 1. The Kier molecular flexibility index (Phi) is 8.19. The molecule has 5 rings (SSSR count). The molecule has 1 aromatic carbocycles. The van der Waals surface area contributed by atoms with Gasteiger partial charge in [-0.1, -0.05) is 43.2 Å². The number of rotatable bonds is 6. The number of nitrogens with zero attached hydrogens (tertiary/aromatic N) is 4. The predicted octanol–water partition coefficient (Wildman–Crippen LogP) is 4.91. The maximum Gasteiger partial charge on any atom is 0.246 e. The second-order valence-electron chi connectivity index (χ2n) is 10.6. The SMILES string of the molecule is COCC(=O)NC(C1=Cc2cccnc2C(=C2CCN(C(=O)C(C)C)CC2)c2ccc(Cl)cc21)c1cncn1C. The molecule has 0 spiro atoms. The number of imidazole rings is 1. The number of nitrogens with one attached hydrogen (secondary N) is 1. The van der Waals surface area contributed by atoms with E-state index in [1.807, 2.05) is 66.9 Å². The Bertz CT molecular complexity index is 1500. The quantitative estimate of drug-likeness (QED) is 0.464. The molecule has 208 valence electrons. The zero-order valence-electron chi connectivity index (χ0n) is 23.3. The van der Waals surface area contributed by atoms with E-state index < -0.39 is 6.04 Å². The number of halogens is 1. The number of aromatic nitrogens is 3. The van der Waals surface area contributed by atoms with Crippen LogP contribution in [0, 0.1) is 5.92 Å². The summed E-state index contributed by atoms with van der Waals surface area (Å²) in [6.45, 7) is 5.17. The van der Waals surface area contributed by atoms with Crippen molar-refractivity contribution < 1.29 is 14.3 Å². The fourth-order valence-electron chi connectivity index (χ4n) is 5.59. The summed E-state index contributed by atoms with van der Waals surface area (Å²) < 4.78 is 7.03. The summed E-state index contributed by atoms with van der Waals surface area (Å²) in [5, 5.41) is 3.75. The van der Waals surface area contributed by atoms with Gasteiger partial charge in [0.1, 0.15) is 6.61 Å². The van der Waals surface area contributed by atoms with E-state index >= 15 is 0 Å². The van der Waals surface area contributed by atoms with Gasteiger partial charge in [0.25, 0.3) is 0 Å². The molecular weight excluding hydrogens is 526 g/mol. The number of carbonyl (C=O) groups excluding carboxylic acids is 2. The highest BCUT2D eigenvalue weighted by Gasteiger charge is 2.31. The van der Waals surface area contributed by atoms with Crippen LogP contribution in [-0.4, -0.2) is 58.1 Å². The molecule has 2 aliphatic rings. The molecule has 0 saturated carbocycles. The maximum atomic E-state index is 12.9. The Hall–Kier alpha value is -3.75. The normalized spacial score (nSPS) is 15.8. The lowest BCUT2D eigenvalue weighted by molar-refractivity contribution is -0.134. The number of pyridine rings is 1. The van der Waals surface area contributed by atoms with Gasteiger partial charge in [0.2, 0.25) is 11.8 Å². The number of piperidine rings is 1. The van der Waals surface area contributed by atoms with E-state index in [2.05, 4.69) is 16.4 Å². The number of aryl methyl sites for hydroxylation is 1. The first-order chi connectivity index (χ1) is 19.3. The van der Waals surface area contributed by atoms with Crippen molar-refractivity contribution in [1.29, 1.82) is 0 Å². The van der Waals surface area contributed by atoms with E-state index in [9.17, 15) is 9.59 Å². The van der Waals surface area contributed by atoms with Gasteiger partial charge in [-0.05, 0) is 53.8 Å². The highest BCUT2D eigenvalue weighted by molar-refractivity contribution is 6.31. The zero-order valence-corrected chi connectivity index (χ0v) is 24.0.